The van der Waals surface area contributed by atoms with Crippen LogP contribution in [0.15, 0.2) is 24.4 Å². The third-order valence-electron chi connectivity index (χ3n) is 5.89. The Morgan fingerprint density at radius 1 is 1.32 bits per heavy atom. The molecule has 2 aromatic heterocycles. The van der Waals surface area contributed by atoms with Crippen molar-refractivity contribution in [1.82, 2.24) is 9.38 Å². The van der Waals surface area contributed by atoms with Gasteiger partial charge in [0, 0.05) is 17.5 Å². The van der Waals surface area contributed by atoms with Crippen LogP contribution >= 0.6 is 0 Å². The van der Waals surface area contributed by atoms with Crippen LogP contribution in [0, 0.1) is 20.8 Å². The van der Waals surface area contributed by atoms with Gasteiger partial charge >= 0.3 is 5.97 Å². The van der Waals surface area contributed by atoms with Crippen molar-refractivity contribution in [3.63, 3.8) is 0 Å². The molecule has 1 aliphatic rings. The lowest BCUT2D eigenvalue weighted by Gasteiger charge is -2.30. The number of ether oxygens (including phenoxy) is 2. The lowest BCUT2D eigenvalue weighted by molar-refractivity contribution is 0.0596. The predicted molar refractivity (Wildman–Crippen MR) is 108 cm³/mol. The Labute approximate surface area is 165 Å². The summed E-state index contributed by atoms with van der Waals surface area (Å²) in [4.78, 5) is 17.2. The second-order valence-corrected chi connectivity index (χ2v) is 7.46. The average molecular weight is 378 g/mol. The van der Waals surface area contributed by atoms with Crippen molar-refractivity contribution < 1.29 is 14.3 Å². The van der Waals surface area contributed by atoms with Gasteiger partial charge in [-0.3, -0.25) is 0 Å². The van der Waals surface area contributed by atoms with Crippen LogP contribution in [0.4, 0.5) is 0 Å². The first-order chi connectivity index (χ1) is 13.5. The Balaban J connectivity index is 1.91. The molecular weight excluding hydrogens is 352 g/mol. The molecule has 5 heteroatoms. The smallest absolute Gasteiger partial charge is 0.339 e. The molecule has 0 saturated carbocycles. The number of imidazole rings is 1. The lowest BCUT2D eigenvalue weighted by Crippen LogP contribution is -2.21. The molecule has 146 valence electrons. The van der Waals surface area contributed by atoms with E-state index in [1.54, 1.807) is 0 Å². The Morgan fingerprint density at radius 2 is 2.11 bits per heavy atom. The second kappa shape index (κ2) is 6.97. The van der Waals surface area contributed by atoms with E-state index in [1.165, 1.54) is 23.8 Å². The van der Waals surface area contributed by atoms with Gasteiger partial charge < -0.3 is 13.9 Å². The molecule has 5 nitrogen and oxygen atoms in total. The number of methoxy groups -OCH3 is 1. The fourth-order valence-corrected chi connectivity index (χ4v) is 4.26. The zero-order chi connectivity index (χ0) is 20.0. The van der Waals surface area contributed by atoms with Crippen LogP contribution in [-0.2, 0) is 17.6 Å². The first-order valence-corrected chi connectivity index (χ1v) is 9.80. The molecule has 0 bridgehead atoms. The molecule has 0 amide bonds. The van der Waals surface area contributed by atoms with E-state index in [2.05, 4.69) is 32.0 Å². The van der Waals surface area contributed by atoms with Crippen LogP contribution in [0.1, 0.15) is 63.4 Å². The van der Waals surface area contributed by atoms with Crippen molar-refractivity contribution in [2.24, 2.45) is 0 Å². The second-order valence-electron chi connectivity index (χ2n) is 7.46. The van der Waals surface area contributed by atoms with Crippen LogP contribution in [0.25, 0.3) is 5.65 Å². The normalized spacial score (nSPS) is 16.0. The van der Waals surface area contributed by atoms with Crippen molar-refractivity contribution in [2.75, 3.05) is 7.11 Å². The third kappa shape index (κ3) is 2.77. The molecule has 3 aromatic rings. The summed E-state index contributed by atoms with van der Waals surface area (Å²) in [5.74, 6) is 0.372. The minimum Gasteiger partial charge on any atom is -0.481 e. The molecule has 1 aliphatic heterocycles. The monoisotopic (exact) mass is 378 g/mol. The summed E-state index contributed by atoms with van der Waals surface area (Å²) < 4.78 is 13.5. The van der Waals surface area contributed by atoms with E-state index < -0.39 is 0 Å². The number of carbonyl (C=O) groups is 1. The molecule has 0 spiro atoms. The first-order valence-electron chi connectivity index (χ1n) is 9.80. The largest absolute Gasteiger partial charge is 0.481 e. The fraction of sp³-hybridized carbons (Fsp3) is 0.391. The predicted octanol–water partition coefficient (Wildman–Crippen LogP) is 4.67. The number of hydrogen-bond acceptors (Lipinski definition) is 4. The summed E-state index contributed by atoms with van der Waals surface area (Å²) in [5, 5.41) is 0. The number of hydrogen-bond donors (Lipinski definition) is 0. The molecule has 0 saturated heterocycles. The Morgan fingerprint density at radius 3 is 2.82 bits per heavy atom. The summed E-state index contributed by atoms with van der Waals surface area (Å²) >= 11 is 0. The van der Waals surface area contributed by atoms with Gasteiger partial charge in [0.05, 0.1) is 18.4 Å². The summed E-state index contributed by atoms with van der Waals surface area (Å²) in [6.07, 6.45) is 4.33. The number of benzene rings is 1. The highest BCUT2D eigenvalue weighted by Crippen LogP contribution is 2.41. The standard InChI is InChI=1S/C23H26N2O3/c1-6-16-9-7-8-13(2)20(16)19-11-10-17-18(23(26)27-5)12-25-15(4)14(3)24-22(25)21(17)28-19/h7-9,12,19H,6,10-11H2,1-5H3. The fourth-order valence-electron chi connectivity index (χ4n) is 4.26. The number of carbonyl (C=O) groups excluding carboxylic acids is 1. The topological polar surface area (TPSA) is 52.8 Å². The minimum absolute atomic E-state index is 0.0438. The maximum absolute atomic E-state index is 12.4. The number of aromatic nitrogens is 2. The molecule has 0 fully saturated rings. The van der Waals surface area contributed by atoms with Crippen molar-refractivity contribution in [3.8, 4) is 5.75 Å². The molecule has 1 unspecified atom stereocenters. The highest BCUT2D eigenvalue weighted by molar-refractivity contribution is 5.93. The van der Waals surface area contributed by atoms with E-state index in [-0.39, 0.29) is 12.1 Å². The molecule has 1 aromatic carbocycles. The lowest BCUT2D eigenvalue weighted by atomic mass is 9.89. The molecule has 3 heterocycles. The average Bonchev–Trinajstić information content (AvgIpc) is 3.00. The van der Waals surface area contributed by atoms with E-state index in [0.717, 1.165) is 41.9 Å². The van der Waals surface area contributed by atoms with Crippen LogP contribution < -0.4 is 4.74 Å². The van der Waals surface area contributed by atoms with Crippen LogP contribution in [-0.4, -0.2) is 22.5 Å². The highest BCUT2D eigenvalue weighted by atomic mass is 16.5. The van der Waals surface area contributed by atoms with E-state index in [4.69, 9.17) is 14.5 Å². The van der Waals surface area contributed by atoms with Gasteiger partial charge in [-0.05, 0) is 56.7 Å². The number of aryl methyl sites for hydroxylation is 4. The number of fused-ring (bicyclic) bond motifs is 3. The van der Waals surface area contributed by atoms with E-state index in [9.17, 15) is 4.79 Å². The number of rotatable bonds is 3. The van der Waals surface area contributed by atoms with Gasteiger partial charge in [0.1, 0.15) is 6.10 Å². The molecule has 0 aliphatic carbocycles. The van der Waals surface area contributed by atoms with Gasteiger partial charge in [-0.1, -0.05) is 25.1 Å². The van der Waals surface area contributed by atoms with Crippen molar-refractivity contribution >= 4 is 11.6 Å². The van der Waals surface area contributed by atoms with Crippen LogP contribution in [0.2, 0.25) is 0 Å². The Bertz CT molecular complexity index is 1080. The van der Waals surface area contributed by atoms with E-state index in [0.29, 0.717) is 11.3 Å². The van der Waals surface area contributed by atoms with Crippen molar-refractivity contribution in [2.45, 2.75) is 53.1 Å². The summed E-state index contributed by atoms with van der Waals surface area (Å²) in [5.41, 5.74) is 7.97. The van der Waals surface area contributed by atoms with Gasteiger partial charge in [-0.25, -0.2) is 9.78 Å². The zero-order valence-corrected chi connectivity index (χ0v) is 17.1. The minimum atomic E-state index is -0.337. The zero-order valence-electron chi connectivity index (χ0n) is 17.1. The third-order valence-corrected chi connectivity index (χ3v) is 5.89. The van der Waals surface area contributed by atoms with Crippen LogP contribution in [0.5, 0.6) is 5.75 Å². The van der Waals surface area contributed by atoms with Gasteiger partial charge in [0.2, 0.25) is 0 Å². The number of pyridine rings is 1. The molecule has 28 heavy (non-hydrogen) atoms. The van der Waals surface area contributed by atoms with E-state index >= 15 is 0 Å². The van der Waals surface area contributed by atoms with Crippen molar-refractivity contribution in [3.05, 3.63) is 63.6 Å². The maximum atomic E-state index is 12.4. The molecule has 0 N–H and O–H groups in total. The van der Waals surface area contributed by atoms with Gasteiger partial charge in [-0.2, -0.15) is 0 Å². The van der Waals surface area contributed by atoms with Crippen molar-refractivity contribution in [1.29, 1.82) is 0 Å². The molecular formula is C23H26N2O3. The van der Waals surface area contributed by atoms with Crippen LogP contribution in [0.3, 0.4) is 0 Å². The van der Waals surface area contributed by atoms with Gasteiger partial charge in [0.25, 0.3) is 0 Å². The quantitative estimate of drug-likeness (QED) is 0.621. The summed E-state index contributed by atoms with van der Waals surface area (Å²) in [6.45, 7) is 8.28. The van der Waals surface area contributed by atoms with Gasteiger partial charge in [-0.15, -0.1) is 0 Å². The molecule has 1 atom stereocenters. The Kier molecular flexibility index (Phi) is 4.61. The molecule has 4 rings (SSSR count). The summed E-state index contributed by atoms with van der Waals surface area (Å²) in [6, 6.07) is 6.41. The number of esters is 1. The highest BCUT2D eigenvalue weighted by Gasteiger charge is 2.31. The maximum Gasteiger partial charge on any atom is 0.339 e. The van der Waals surface area contributed by atoms with Gasteiger partial charge in [0.15, 0.2) is 11.4 Å². The Hall–Kier alpha value is -2.82. The summed E-state index contributed by atoms with van der Waals surface area (Å²) in [7, 11) is 1.41. The van der Waals surface area contributed by atoms with E-state index in [1.807, 2.05) is 24.4 Å². The first kappa shape index (κ1) is 18.5. The number of nitrogens with zero attached hydrogens (tertiary/aromatic N) is 2. The molecule has 0 radical (unpaired) electrons. The SMILES string of the molecule is CCc1cccc(C)c1C1CCc2c(C(=O)OC)cn3c(C)c(C)nc3c2O1.